The summed E-state index contributed by atoms with van der Waals surface area (Å²) >= 11 is 0. The number of rotatable bonds is 2. The molecular formula is C20H26O. The van der Waals surface area contributed by atoms with E-state index in [0.29, 0.717) is 5.75 Å². The molecule has 0 aliphatic rings. The van der Waals surface area contributed by atoms with Crippen molar-refractivity contribution in [3.8, 4) is 5.75 Å². The Hall–Kier alpha value is -1.76. The topological polar surface area (TPSA) is 20.2 Å². The molecule has 2 rings (SSSR count). The molecule has 1 N–H and O–H groups in total. The van der Waals surface area contributed by atoms with Crippen molar-refractivity contribution in [3.63, 3.8) is 0 Å². The van der Waals surface area contributed by atoms with Gasteiger partial charge in [0.15, 0.2) is 0 Å². The second kappa shape index (κ2) is 5.55. The van der Waals surface area contributed by atoms with Crippen LogP contribution in [-0.4, -0.2) is 5.11 Å². The first-order valence-corrected chi connectivity index (χ1v) is 7.59. The van der Waals surface area contributed by atoms with Crippen LogP contribution in [0.15, 0.2) is 12.1 Å². The second-order valence-corrected chi connectivity index (χ2v) is 6.35. The van der Waals surface area contributed by atoms with Gasteiger partial charge in [0, 0.05) is 0 Å². The van der Waals surface area contributed by atoms with Crippen LogP contribution >= 0.6 is 0 Å². The van der Waals surface area contributed by atoms with Crippen LogP contribution in [0.5, 0.6) is 5.75 Å². The maximum atomic E-state index is 9.95. The highest BCUT2D eigenvalue weighted by Gasteiger charge is 2.13. The molecule has 0 saturated carbocycles. The quantitative estimate of drug-likeness (QED) is 0.808. The molecule has 0 atom stereocenters. The average molecular weight is 282 g/mol. The Morgan fingerprint density at radius 1 is 0.667 bits per heavy atom. The fourth-order valence-corrected chi connectivity index (χ4v) is 3.06. The van der Waals surface area contributed by atoms with E-state index in [4.69, 9.17) is 0 Å². The zero-order valence-electron chi connectivity index (χ0n) is 14.3. The number of phenolic OH excluding ortho intramolecular Hbond substituents is 1. The molecule has 112 valence electrons. The van der Waals surface area contributed by atoms with Crippen LogP contribution in [-0.2, 0) is 6.42 Å². The van der Waals surface area contributed by atoms with Crippen molar-refractivity contribution in [3.05, 3.63) is 62.2 Å². The van der Waals surface area contributed by atoms with Crippen molar-refractivity contribution in [2.75, 3.05) is 0 Å². The molecule has 21 heavy (non-hydrogen) atoms. The van der Waals surface area contributed by atoms with Crippen molar-refractivity contribution >= 4 is 0 Å². The van der Waals surface area contributed by atoms with Crippen molar-refractivity contribution in [1.82, 2.24) is 0 Å². The molecule has 0 aromatic heterocycles. The smallest absolute Gasteiger partial charge is 0.119 e. The van der Waals surface area contributed by atoms with Crippen LogP contribution in [0.25, 0.3) is 0 Å². The third-order valence-corrected chi connectivity index (χ3v) is 5.18. The normalized spacial score (nSPS) is 11.0. The highest BCUT2D eigenvalue weighted by atomic mass is 16.3. The first-order chi connectivity index (χ1) is 9.73. The first-order valence-electron chi connectivity index (χ1n) is 7.59. The van der Waals surface area contributed by atoms with Gasteiger partial charge in [0.25, 0.3) is 0 Å². The number of benzene rings is 2. The van der Waals surface area contributed by atoms with E-state index in [1.807, 2.05) is 13.0 Å². The molecule has 2 aromatic rings. The Balaban J connectivity index is 2.56. The largest absolute Gasteiger partial charge is 0.508 e. The Morgan fingerprint density at radius 3 is 1.90 bits per heavy atom. The van der Waals surface area contributed by atoms with Gasteiger partial charge < -0.3 is 5.11 Å². The van der Waals surface area contributed by atoms with E-state index in [0.717, 1.165) is 12.0 Å². The minimum Gasteiger partial charge on any atom is -0.508 e. The molecule has 0 heterocycles. The fraction of sp³-hybridized carbons (Fsp3) is 0.400. The zero-order valence-corrected chi connectivity index (χ0v) is 14.3. The standard InChI is InChI=1S/C20H26O/c1-11-8-18(15(5)14(4)13(11)3)10-19-12(2)9-20(21)17(7)16(19)6/h8-9,21H,10H2,1-7H3. The lowest BCUT2D eigenvalue weighted by molar-refractivity contribution is 0.469. The average Bonchev–Trinajstić information content (AvgIpc) is 2.44. The molecule has 0 unspecified atom stereocenters. The Kier molecular flexibility index (Phi) is 4.13. The van der Waals surface area contributed by atoms with Crippen molar-refractivity contribution < 1.29 is 5.11 Å². The lowest BCUT2D eigenvalue weighted by Gasteiger charge is -2.18. The molecule has 2 aromatic carbocycles. The molecule has 0 saturated heterocycles. The minimum atomic E-state index is 0.404. The summed E-state index contributed by atoms with van der Waals surface area (Å²) < 4.78 is 0. The van der Waals surface area contributed by atoms with Gasteiger partial charge >= 0.3 is 0 Å². The van der Waals surface area contributed by atoms with Gasteiger partial charge in [0.2, 0.25) is 0 Å². The molecule has 0 amide bonds. The summed E-state index contributed by atoms with van der Waals surface area (Å²) in [6.45, 7) is 15.0. The number of phenols is 1. The summed E-state index contributed by atoms with van der Waals surface area (Å²) in [7, 11) is 0. The molecule has 0 bridgehead atoms. The maximum Gasteiger partial charge on any atom is 0.119 e. The lowest BCUT2D eigenvalue weighted by Crippen LogP contribution is -2.03. The van der Waals surface area contributed by atoms with Crippen molar-refractivity contribution in [2.24, 2.45) is 0 Å². The van der Waals surface area contributed by atoms with Crippen LogP contribution in [0.4, 0.5) is 0 Å². The van der Waals surface area contributed by atoms with Crippen molar-refractivity contribution in [2.45, 2.75) is 54.9 Å². The van der Waals surface area contributed by atoms with Crippen LogP contribution in [0.2, 0.25) is 0 Å². The molecule has 1 heteroatoms. The predicted molar refractivity (Wildman–Crippen MR) is 90.5 cm³/mol. The zero-order chi connectivity index (χ0) is 15.9. The van der Waals surface area contributed by atoms with E-state index in [1.54, 1.807) is 0 Å². The highest BCUT2D eigenvalue weighted by molar-refractivity contribution is 5.51. The van der Waals surface area contributed by atoms with Crippen LogP contribution in [0, 0.1) is 48.5 Å². The molecule has 0 fully saturated rings. The van der Waals surface area contributed by atoms with E-state index in [2.05, 4.69) is 47.6 Å². The molecule has 1 nitrogen and oxygen atoms in total. The van der Waals surface area contributed by atoms with Gasteiger partial charge in [0.1, 0.15) is 5.75 Å². The summed E-state index contributed by atoms with van der Waals surface area (Å²) in [6.07, 6.45) is 0.937. The third kappa shape index (κ3) is 2.70. The van der Waals surface area contributed by atoms with Gasteiger partial charge in [-0.15, -0.1) is 0 Å². The van der Waals surface area contributed by atoms with E-state index in [9.17, 15) is 5.11 Å². The third-order valence-electron chi connectivity index (χ3n) is 5.18. The Morgan fingerprint density at radius 2 is 1.29 bits per heavy atom. The predicted octanol–water partition coefficient (Wildman–Crippen LogP) is 5.14. The van der Waals surface area contributed by atoms with Gasteiger partial charge in [-0.25, -0.2) is 0 Å². The number of aromatic hydroxyl groups is 1. The van der Waals surface area contributed by atoms with Gasteiger partial charge in [-0.3, -0.25) is 0 Å². The van der Waals surface area contributed by atoms with E-state index in [1.165, 1.54) is 44.5 Å². The number of hydrogen-bond acceptors (Lipinski definition) is 1. The maximum absolute atomic E-state index is 9.95. The number of hydrogen-bond donors (Lipinski definition) is 1. The fourth-order valence-electron chi connectivity index (χ4n) is 3.06. The monoisotopic (exact) mass is 282 g/mol. The van der Waals surface area contributed by atoms with Crippen LogP contribution in [0.3, 0.4) is 0 Å². The summed E-state index contributed by atoms with van der Waals surface area (Å²) in [4.78, 5) is 0. The van der Waals surface area contributed by atoms with Crippen LogP contribution in [0.1, 0.15) is 50.1 Å². The Labute approximate surface area is 128 Å². The summed E-state index contributed by atoms with van der Waals surface area (Å²) in [5.41, 5.74) is 11.7. The van der Waals surface area contributed by atoms with E-state index in [-0.39, 0.29) is 0 Å². The SMILES string of the molecule is Cc1cc(Cc2c(C)cc(O)c(C)c2C)c(C)c(C)c1C. The van der Waals surface area contributed by atoms with Crippen LogP contribution < -0.4 is 0 Å². The van der Waals surface area contributed by atoms with E-state index < -0.39 is 0 Å². The van der Waals surface area contributed by atoms with Gasteiger partial charge in [-0.05, 0) is 111 Å². The number of aryl methyl sites for hydroxylation is 2. The van der Waals surface area contributed by atoms with Gasteiger partial charge in [0.05, 0.1) is 0 Å². The summed E-state index contributed by atoms with van der Waals surface area (Å²) in [5, 5.41) is 9.95. The van der Waals surface area contributed by atoms with Gasteiger partial charge in [-0.1, -0.05) is 6.07 Å². The highest BCUT2D eigenvalue weighted by Crippen LogP contribution is 2.30. The summed E-state index contributed by atoms with van der Waals surface area (Å²) in [5.74, 6) is 0.404. The molecule has 0 spiro atoms. The van der Waals surface area contributed by atoms with Gasteiger partial charge in [-0.2, -0.15) is 0 Å². The molecular weight excluding hydrogens is 256 g/mol. The Bertz CT molecular complexity index is 709. The molecule has 0 aliphatic carbocycles. The first kappa shape index (κ1) is 15.6. The lowest BCUT2D eigenvalue weighted by atomic mass is 9.87. The molecule has 0 aliphatic heterocycles. The van der Waals surface area contributed by atoms with Crippen molar-refractivity contribution in [1.29, 1.82) is 0 Å². The minimum absolute atomic E-state index is 0.404. The van der Waals surface area contributed by atoms with E-state index >= 15 is 0 Å². The second-order valence-electron chi connectivity index (χ2n) is 6.35. The molecule has 0 radical (unpaired) electrons. The summed E-state index contributed by atoms with van der Waals surface area (Å²) in [6, 6.07) is 4.21.